The Bertz CT molecular complexity index is 1430. The molecule has 1 aliphatic carbocycles. The zero-order chi connectivity index (χ0) is 24.5. The first kappa shape index (κ1) is 22.7. The average molecular weight is 491 g/mol. The molecular weight excluding hydrogens is 456 g/mol. The van der Waals surface area contributed by atoms with Crippen molar-refractivity contribution < 1.29 is 4.79 Å². The number of piperidine rings is 1. The molecule has 5 heterocycles. The molecular formula is C27H34N6OS. The minimum absolute atomic E-state index is 0.214. The first-order valence-corrected chi connectivity index (χ1v) is 13.5. The van der Waals surface area contributed by atoms with Gasteiger partial charge in [-0.05, 0) is 92.6 Å². The van der Waals surface area contributed by atoms with Crippen molar-refractivity contribution in [3.63, 3.8) is 0 Å². The minimum Gasteiger partial charge on any atom is -0.369 e. The molecule has 1 saturated heterocycles. The van der Waals surface area contributed by atoms with Gasteiger partial charge in [0.25, 0.3) is 0 Å². The Balaban J connectivity index is 1.29. The van der Waals surface area contributed by atoms with Gasteiger partial charge in [-0.2, -0.15) is 5.10 Å². The number of hydrogen-bond donors (Lipinski definition) is 2. The number of fused-ring (bicyclic) bond motifs is 2. The quantitative estimate of drug-likeness (QED) is 0.406. The molecule has 1 spiro atoms. The van der Waals surface area contributed by atoms with Crippen molar-refractivity contribution in [2.45, 2.75) is 65.2 Å². The smallest absolute Gasteiger partial charge is 0.231 e. The standard InChI is InChI=1S/C27H34N6OS/c1-15(2)21-22-17(4)24(19-10-27(11-19)5-7-32(8-6-27)13-20(28)34)35-26(22)31-23(21)18-9-16(3)25-29-14-30-33(25)12-18/h9,12,14-15,19,31H,5-8,10-11,13H2,1-4H3,(H2,28,34). The summed E-state index contributed by atoms with van der Waals surface area (Å²) in [5.74, 6) is 0.850. The van der Waals surface area contributed by atoms with Crippen LogP contribution in [0.4, 0.5) is 0 Å². The van der Waals surface area contributed by atoms with Crippen LogP contribution in [0, 0.1) is 19.3 Å². The highest BCUT2D eigenvalue weighted by Gasteiger charge is 2.47. The fourth-order valence-corrected chi connectivity index (χ4v) is 7.99. The number of amides is 1. The van der Waals surface area contributed by atoms with Gasteiger partial charge in [-0.3, -0.25) is 9.69 Å². The molecule has 4 aromatic heterocycles. The van der Waals surface area contributed by atoms with Crippen LogP contribution >= 0.6 is 11.3 Å². The topological polar surface area (TPSA) is 92.3 Å². The highest BCUT2D eigenvalue weighted by Crippen LogP contribution is 2.59. The number of aromatic nitrogens is 4. The van der Waals surface area contributed by atoms with Crippen LogP contribution < -0.4 is 5.73 Å². The van der Waals surface area contributed by atoms with Crippen LogP contribution in [0.25, 0.3) is 27.1 Å². The summed E-state index contributed by atoms with van der Waals surface area (Å²) in [6.45, 7) is 11.4. The van der Waals surface area contributed by atoms with E-state index in [4.69, 9.17) is 5.73 Å². The molecule has 0 aromatic carbocycles. The van der Waals surface area contributed by atoms with Gasteiger partial charge in [-0.25, -0.2) is 9.50 Å². The van der Waals surface area contributed by atoms with Gasteiger partial charge in [0.15, 0.2) is 5.65 Å². The zero-order valence-electron chi connectivity index (χ0n) is 21.0. The number of likely N-dealkylation sites (tertiary alicyclic amines) is 1. The first-order valence-electron chi connectivity index (χ1n) is 12.7. The summed E-state index contributed by atoms with van der Waals surface area (Å²) < 4.78 is 1.88. The number of H-pyrrole nitrogens is 1. The second-order valence-electron chi connectivity index (χ2n) is 11.2. The molecule has 0 atom stereocenters. The molecule has 1 saturated carbocycles. The average Bonchev–Trinajstić information content (AvgIpc) is 3.47. The van der Waals surface area contributed by atoms with E-state index in [0.717, 1.165) is 24.3 Å². The molecule has 2 fully saturated rings. The van der Waals surface area contributed by atoms with Crippen molar-refractivity contribution >= 4 is 33.1 Å². The van der Waals surface area contributed by atoms with E-state index < -0.39 is 0 Å². The third-order valence-electron chi connectivity index (χ3n) is 8.41. The lowest BCUT2D eigenvalue weighted by atomic mass is 9.57. The number of pyridine rings is 1. The fraction of sp³-hybridized carbons (Fsp3) is 0.519. The van der Waals surface area contributed by atoms with Gasteiger partial charge in [0, 0.05) is 22.0 Å². The predicted octanol–water partition coefficient (Wildman–Crippen LogP) is 5.12. The maximum atomic E-state index is 11.3. The molecule has 184 valence electrons. The number of rotatable bonds is 5. The molecule has 7 nitrogen and oxygen atoms in total. The third kappa shape index (κ3) is 3.69. The van der Waals surface area contributed by atoms with Gasteiger partial charge in [0.05, 0.1) is 12.2 Å². The Labute approximate surface area is 209 Å². The number of carbonyl (C=O) groups excluding carboxylic acids is 1. The Hall–Kier alpha value is -2.71. The van der Waals surface area contributed by atoms with E-state index >= 15 is 0 Å². The van der Waals surface area contributed by atoms with Crippen LogP contribution in [-0.4, -0.2) is 50.0 Å². The second kappa shape index (κ2) is 8.17. The monoisotopic (exact) mass is 490 g/mol. The molecule has 1 amide bonds. The number of thiophene rings is 1. The van der Waals surface area contributed by atoms with Crippen LogP contribution in [-0.2, 0) is 4.79 Å². The molecule has 0 unspecified atom stereocenters. The molecule has 2 aliphatic rings. The number of nitrogens with one attached hydrogen (secondary N) is 1. The van der Waals surface area contributed by atoms with Crippen LogP contribution in [0.3, 0.4) is 0 Å². The summed E-state index contributed by atoms with van der Waals surface area (Å²) in [5, 5.41) is 5.80. The number of aryl methyl sites for hydroxylation is 2. The minimum atomic E-state index is -0.214. The molecule has 35 heavy (non-hydrogen) atoms. The highest BCUT2D eigenvalue weighted by molar-refractivity contribution is 7.19. The van der Waals surface area contributed by atoms with Crippen molar-refractivity contribution in [1.82, 2.24) is 24.5 Å². The van der Waals surface area contributed by atoms with Gasteiger partial charge >= 0.3 is 0 Å². The molecule has 8 heteroatoms. The third-order valence-corrected chi connectivity index (χ3v) is 9.78. The van der Waals surface area contributed by atoms with E-state index in [2.05, 4.69) is 59.9 Å². The second-order valence-corrected chi connectivity index (χ2v) is 12.2. The van der Waals surface area contributed by atoms with E-state index in [9.17, 15) is 4.79 Å². The molecule has 1 aliphatic heterocycles. The summed E-state index contributed by atoms with van der Waals surface area (Å²) in [6, 6.07) is 2.22. The lowest BCUT2D eigenvalue weighted by Crippen LogP contribution is -2.48. The Morgan fingerprint density at radius 3 is 2.71 bits per heavy atom. The summed E-state index contributed by atoms with van der Waals surface area (Å²) in [7, 11) is 0. The largest absolute Gasteiger partial charge is 0.369 e. The summed E-state index contributed by atoms with van der Waals surface area (Å²) >= 11 is 1.96. The molecule has 3 N–H and O–H groups in total. The van der Waals surface area contributed by atoms with Gasteiger partial charge < -0.3 is 10.7 Å². The highest BCUT2D eigenvalue weighted by atomic mass is 32.1. The summed E-state index contributed by atoms with van der Waals surface area (Å²) in [4.78, 5) is 24.5. The number of carbonyl (C=O) groups is 1. The maximum Gasteiger partial charge on any atom is 0.231 e. The fourth-order valence-electron chi connectivity index (χ4n) is 6.66. The number of nitrogens with zero attached hydrogens (tertiary/aromatic N) is 4. The Morgan fingerprint density at radius 1 is 1.29 bits per heavy atom. The predicted molar refractivity (Wildman–Crippen MR) is 141 cm³/mol. The van der Waals surface area contributed by atoms with Gasteiger partial charge in [-0.1, -0.05) is 13.8 Å². The lowest BCUT2D eigenvalue weighted by molar-refractivity contribution is -0.120. The Kier molecular flexibility index (Phi) is 5.30. The zero-order valence-corrected chi connectivity index (χ0v) is 21.8. The number of aromatic amines is 1. The van der Waals surface area contributed by atoms with E-state index in [-0.39, 0.29) is 5.91 Å². The molecule has 0 radical (unpaired) electrons. The number of hydrogen-bond acceptors (Lipinski definition) is 5. The van der Waals surface area contributed by atoms with E-state index in [1.165, 1.54) is 58.3 Å². The van der Waals surface area contributed by atoms with Crippen molar-refractivity contribution in [3.05, 3.63) is 40.2 Å². The van der Waals surface area contributed by atoms with Crippen molar-refractivity contribution in [2.75, 3.05) is 19.6 Å². The number of nitrogens with two attached hydrogens (primary N) is 1. The normalized spacial score (nSPS) is 18.8. The van der Waals surface area contributed by atoms with E-state index in [0.29, 0.717) is 23.8 Å². The van der Waals surface area contributed by atoms with Gasteiger partial charge in [0.1, 0.15) is 11.2 Å². The Morgan fingerprint density at radius 2 is 2.03 bits per heavy atom. The van der Waals surface area contributed by atoms with E-state index in [1.54, 1.807) is 11.2 Å². The van der Waals surface area contributed by atoms with Crippen LogP contribution in [0.15, 0.2) is 18.6 Å². The van der Waals surface area contributed by atoms with Gasteiger partial charge in [0.2, 0.25) is 5.91 Å². The SMILES string of the molecule is Cc1c(C2CC3(CCN(CC(N)=O)CC3)C2)sc2[nH]c(-c3cc(C)c4ncnn4c3)c(C(C)C)c12. The van der Waals surface area contributed by atoms with Crippen molar-refractivity contribution in [2.24, 2.45) is 11.1 Å². The van der Waals surface area contributed by atoms with Gasteiger partial charge in [-0.15, -0.1) is 11.3 Å². The van der Waals surface area contributed by atoms with Crippen LogP contribution in [0.2, 0.25) is 0 Å². The number of primary amides is 1. The van der Waals surface area contributed by atoms with Crippen LogP contribution in [0.5, 0.6) is 0 Å². The maximum absolute atomic E-state index is 11.3. The summed E-state index contributed by atoms with van der Waals surface area (Å²) in [5.41, 5.74) is 13.1. The van der Waals surface area contributed by atoms with Crippen molar-refractivity contribution in [1.29, 1.82) is 0 Å². The molecule has 6 rings (SSSR count). The molecule has 0 bridgehead atoms. The molecule has 4 aromatic rings. The van der Waals surface area contributed by atoms with Crippen LogP contribution in [0.1, 0.15) is 72.9 Å². The lowest BCUT2D eigenvalue weighted by Gasteiger charge is -2.52. The van der Waals surface area contributed by atoms with E-state index in [1.807, 2.05) is 15.9 Å². The first-order chi connectivity index (χ1) is 16.7. The summed E-state index contributed by atoms with van der Waals surface area (Å²) in [6.07, 6.45) is 8.62. The van der Waals surface area contributed by atoms with Crippen molar-refractivity contribution in [3.8, 4) is 11.3 Å².